The van der Waals surface area contributed by atoms with Gasteiger partial charge < -0.3 is 9.47 Å². The Morgan fingerprint density at radius 1 is 1.21 bits per heavy atom. The summed E-state index contributed by atoms with van der Waals surface area (Å²) in [5.74, 6) is -0.897. The van der Waals surface area contributed by atoms with Crippen LogP contribution in [0.5, 0.6) is 11.5 Å². The Balaban J connectivity index is 1.64. The quantitative estimate of drug-likeness (QED) is 0.327. The summed E-state index contributed by atoms with van der Waals surface area (Å²) in [6, 6.07) is 7.72. The number of esters is 1. The number of hydrogen-bond acceptors (Lipinski definition) is 6. The maximum Gasteiger partial charge on any atom is 0.420 e. The van der Waals surface area contributed by atoms with Gasteiger partial charge in [0.1, 0.15) is 18.0 Å². The zero-order valence-corrected chi connectivity index (χ0v) is 22.1. The largest absolute Gasteiger partial charge is 0.465 e. The van der Waals surface area contributed by atoms with E-state index in [0.29, 0.717) is 41.6 Å². The third kappa shape index (κ3) is 5.82. The Hall–Kier alpha value is -3.09. The fourth-order valence-electron chi connectivity index (χ4n) is 4.38. The average molecular weight is 572 g/mol. The number of nitrogens with zero attached hydrogens (tertiary/aromatic N) is 3. The lowest BCUT2D eigenvalue weighted by Crippen LogP contribution is -2.33. The number of carbonyl (C=O) groups excluding carboxylic acids is 1. The number of alkyl halides is 3. The molecule has 0 N–H and O–H groups in total. The van der Waals surface area contributed by atoms with Crippen molar-refractivity contribution in [1.29, 1.82) is 0 Å². The van der Waals surface area contributed by atoms with E-state index in [4.69, 9.17) is 21.1 Å². The summed E-state index contributed by atoms with van der Waals surface area (Å²) in [6.07, 6.45) is -1.76. The maximum atomic E-state index is 13.9. The summed E-state index contributed by atoms with van der Waals surface area (Å²) in [4.78, 5) is 11.4. The van der Waals surface area contributed by atoms with Crippen LogP contribution in [-0.2, 0) is 38.7 Å². The van der Waals surface area contributed by atoms with Crippen LogP contribution in [0.4, 0.5) is 13.2 Å². The van der Waals surface area contributed by atoms with Crippen molar-refractivity contribution in [1.82, 2.24) is 14.1 Å². The van der Waals surface area contributed by atoms with Gasteiger partial charge in [0, 0.05) is 23.3 Å². The van der Waals surface area contributed by atoms with Crippen LogP contribution in [0.25, 0.3) is 0 Å². The molecular formula is C25H25ClF3N3O5S. The Bertz CT molecular complexity index is 1420. The second kappa shape index (κ2) is 11.0. The van der Waals surface area contributed by atoms with E-state index in [0.717, 1.165) is 16.4 Å². The number of fused-ring (bicyclic) bond motifs is 1. The molecule has 1 heterocycles. The van der Waals surface area contributed by atoms with Gasteiger partial charge in [-0.3, -0.25) is 9.48 Å². The van der Waals surface area contributed by atoms with Crippen molar-refractivity contribution in [3.8, 4) is 11.5 Å². The highest BCUT2D eigenvalue weighted by Gasteiger charge is 2.39. The lowest BCUT2D eigenvalue weighted by atomic mass is 9.93. The van der Waals surface area contributed by atoms with Crippen LogP contribution in [0, 0.1) is 0 Å². The van der Waals surface area contributed by atoms with Crippen molar-refractivity contribution in [2.24, 2.45) is 0 Å². The lowest BCUT2D eigenvalue weighted by molar-refractivity contribution is -0.144. The van der Waals surface area contributed by atoms with Gasteiger partial charge in [-0.1, -0.05) is 11.6 Å². The molecule has 0 saturated heterocycles. The van der Waals surface area contributed by atoms with Gasteiger partial charge in [-0.2, -0.15) is 22.6 Å². The molecule has 38 heavy (non-hydrogen) atoms. The van der Waals surface area contributed by atoms with Gasteiger partial charge in [-0.15, -0.1) is 0 Å². The molecule has 8 nitrogen and oxygen atoms in total. The predicted octanol–water partition coefficient (Wildman–Crippen LogP) is 5.61. The normalized spacial score (nSPS) is 15.8. The number of halogens is 4. The molecule has 13 heteroatoms. The Labute approximate surface area is 223 Å². The first kappa shape index (κ1) is 27.9. The van der Waals surface area contributed by atoms with Crippen molar-refractivity contribution >= 4 is 27.6 Å². The van der Waals surface area contributed by atoms with Gasteiger partial charge in [-0.25, -0.2) is 8.42 Å². The summed E-state index contributed by atoms with van der Waals surface area (Å²) < 4.78 is 81.7. The van der Waals surface area contributed by atoms with E-state index in [2.05, 4.69) is 5.10 Å². The number of carbonyl (C=O) groups is 1. The molecule has 0 saturated carbocycles. The smallest absolute Gasteiger partial charge is 0.420 e. The highest BCUT2D eigenvalue weighted by Crippen LogP contribution is 2.41. The van der Waals surface area contributed by atoms with E-state index in [9.17, 15) is 26.4 Å². The lowest BCUT2D eigenvalue weighted by Gasteiger charge is -2.31. The minimum atomic E-state index is -4.88. The number of hydrogen-bond donors (Lipinski definition) is 0. The van der Waals surface area contributed by atoms with E-state index in [1.54, 1.807) is 6.92 Å². The van der Waals surface area contributed by atoms with E-state index in [1.165, 1.54) is 42.2 Å². The van der Waals surface area contributed by atoms with E-state index >= 15 is 0 Å². The van der Waals surface area contributed by atoms with Crippen molar-refractivity contribution in [2.75, 3.05) is 13.7 Å². The maximum absolute atomic E-state index is 13.9. The zero-order chi connectivity index (χ0) is 27.7. The summed E-state index contributed by atoms with van der Waals surface area (Å²) >= 11 is 5.82. The highest BCUT2D eigenvalue weighted by atomic mass is 35.5. The fraction of sp³-hybridized carbons (Fsp3) is 0.360. The molecule has 1 atom stereocenters. The molecule has 2 aromatic carbocycles. The second-order valence-electron chi connectivity index (χ2n) is 8.65. The molecule has 1 aliphatic carbocycles. The number of benzene rings is 2. The Kier molecular flexibility index (Phi) is 8.05. The number of ether oxygens (including phenoxy) is 2. The van der Waals surface area contributed by atoms with Crippen LogP contribution < -0.4 is 4.74 Å². The summed E-state index contributed by atoms with van der Waals surface area (Å²) in [7, 11) is -3.03. The van der Waals surface area contributed by atoms with E-state index in [1.807, 2.05) is 0 Å². The van der Waals surface area contributed by atoms with Crippen LogP contribution in [0.15, 0.2) is 53.6 Å². The molecule has 4 rings (SSSR count). The molecule has 0 bridgehead atoms. The molecule has 0 aliphatic heterocycles. The number of rotatable bonds is 8. The molecule has 1 aromatic heterocycles. The van der Waals surface area contributed by atoms with Crippen LogP contribution in [-0.4, -0.2) is 42.1 Å². The second-order valence-corrected chi connectivity index (χ2v) is 11.1. The van der Waals surface area contributed by atoms with Gasteiger partial charge in [0.05, 0.1) is 29.3 Å². The van der Waals surface area contributed by atoms with Crippen molar-refractivity contribution in [3.05, 3.63) is 70.5 Å². The van der Waals surface area contributed by atoms with Crippen molar-refractivity contribution in [3.63, 3.8) is 0 Å². The standard InChI is InChI=1S/C25H25ClF3N3O5S/c1-3-36-24(33)15-32-22-6-4-5-21(19(22)14-30-32)31(2)38(34,35)18-11-12-23(20(13-18)25(27,28)29)37-17-9-7-16(26)8-10-17/h7-14,21H,3-6,15H2,1-2H3. The fourth-order valence-corrected chi connectivity index (χ4v) is 5.90. The van der Waals surface area contributed by atoms with Gasteiger partial charge in [0.25, 0.3) is 0 Å². The monoisotopic (exact) mass is 571 g/mol. The first-order chi connectivity index (χ1) is 17.9. The third-order valence-corrected chi connectivity index (χ3v) is 8.34. The van der Waals surface area contributed by atoms with Gasteiger partial charge in [0.2, 0.25) is 10.0 Å². The van der Waals surface area contributed by atoms with E-state index in [-0.39, 0.29) is 18.9 Å². The highest BCUT2D eigenvalue weighted by molar-refractivity contribution is 7.89. The van der Waals surface area contributed by atoms with Crippen molar-refractivity contribution < 1.29 is 35.9 Å². The van der Waals surface area contributed by atoms with Gasteiger partial charge in [0.15, 0.2) is 0 Å². The molecule has 0 amide bonds. The van der Waals surface area contributed by atoms with Crippen LogP contribution >= 0.6 is 11.6 Å². The first-order valence-electron chi connectivity index (χ1n) is 11.7. The molecule has 0 spiro atoms. The van der Waals surface area contributed by atoms with E-state index < -0.39 is 44.4 Å². The van der Waals surface area contributed by atoms with Crippen LogP contribution in [0.3, 0.4) is 0 Å². The zero-order valence-electron chi connectivity index (χ0n) is 20.5. The molecule has 0 radical (unpaired) electrons. The molecular weight excluding hydrogens is 547 g/mol. The van der Waals surface area contributed by atoms with Gasteiger partial charge >= 0.3 is 12.1 Å². The molecule has 1 unspecified atom stereocenters. The molecule has 204 valence electrons. The molecule has 3 aromatic rings. The average Bonchev–Trinajstić information content (AvgIpc) is 3.27. The predicted molar refractivity (Wildman–Crippen MR) is 132 cm³/mol. The van der Waals surface area contributed by atoms with Crippen molar-refractivity contribution in [2.45, 2.75) is 49.8 Å². The molecule has 1 aliphatic rings. The van der Waals surface area contributed by atoms with Gasteiger partial charge in [-0.05, 0) is 68.7 Å². The minimum Gasteiger partial charge on any atom is -0.465 e. The summed E-state index contributed by atoms with van der Waals surface area (Å²) in [5, 5.41) is 4.62. The molecule has 0 fully saturated rings. The first-order valence-corrected chi connectivity index (χ1v) is 13.6. The minimum absolute atomic E-state index is 0.113. The summed E-state index contributed by atoms with van der Waals surface area (Å²) in [5.41, 5.74) is 0.0675. The third-order valence-electron chi connectivity index (χ3n) is 6.23. The Morgan fingerprint density at radius 2 is 1.92 bits per heavy atom. The number of aromatic nitrogens is 2. The van der Waals surface area contributed by atoms with Crippen LogP contribution in [0.1, 0.15) is 42.6 Å². The van der Waals surface area contributed by atoms with Crippen LogP contribution in [0.2, 0.25) is 5.02 Å². The Morgan fingerprint density at radius 3 is 2.58 bits per heavy atom. The topological polar surface area (TPSA) is 90.7 Å². The number of sulfonamides is 1. The summed E-state index contributed by atoms with van der Waals surface area (Å²) in [6.45, 7) is 1.79. The SMILES string of the molecule is CCOC(=O)Cn1ncc2c1CCCC2N(C)S(=O)(=O)c1ccc(Oc2ccc(Cl)cc2)c(C(F)(F)F)c1.